The Hall–Kier alpha value is -1.15. The van der Waals surface area contributed by atoms with Gasteiger partial charge in [-0.2, -0.15) is 0 Å². The summed E-state index contributed by atoms with van der Waals surface area (Å²) in [7, 11) is 1.08. The van der Waals surface area contributed by atoms with Gasteiger partial charge in [0.05, 0.1) is 0 Å². The Balaban J connectivity index is 3.06. The van der Waals surface area contributed by atoms with Crippen LogP contribution >= 0.6 is 22.6 Å². The zero-order valence-corrected chi connectivity index (χ0v) is 11.2. The van der Waals surface area contributed by atoms with Gasteiger partial charge >= 0.3 is 11.9 Å². The molecule has 6 heteroatoms. The van der Waals surface area contributed by atoms with Crippen molar-refractivity contribution in [2.75, 3.05) is 7.11 Å². The van der Waals surface area contributed by atoms with Crippen molar-refractivity contribution in [3.05, 3.63) is 33.4 Å². The maximum absolute atomic E-state index is 11.1. The minimum Gasteiger partial charge on any atom is -0.479 e. The maximum atomic E-state index is 11.1. The highest BCUT2D eigenvalue weighted by Gasteiger charge is 2.47. The zero-order valence-electron chi connectivity index (χ0n) is 9.01. The second-order valence-corrected chi connectivity index (χ2v) is 4.69. The molecule has 1 rings (SSSR count). The largest absolute Gasteiger partial charge is 0.479 e. The highest BCUT2D eigenvalue weighted by Crippen LogP contribution is 2.19. The van der Waals surface area contributed by atoms with E-state index in [0.29, 0.717) is 5.56 Å². The normalized spacial score (nSPS) is 11.2. The quantitative estimate of drug-likeness (QED) is 0.619. The van der Waals surface area contributed by atoms with Crippen molar-refractivity contribution in [1.29, 1.82) is 0 Å². The van der Waals surface area contributed by atoms with Crippen LogP contribution in [0.25, 0.3) is 0 Å². The van der Waals surface area contributed by atoms with E-state index in [1.807, 2.05) is 0 Å². The van der Waals surface area contributed by atoms with Gasteiger partial charge in [0.1, 0.15) is 0 Å². The van der Waals surface area contributed by atoms with Crippen LogP contribution in [-0.2, 0) is 20.7 Å². The molecule has 0 aromatic heterocycles. The number of carbonyl (C=O) groups is 2. The van der Waals surface area contributed by atoms with E-state index in [9.17, 15) is 9.59 Å². The number of carboxylic acid groups (broad SMARTS) is 2. The molecule has 0 spiro atoms. The molecule has 0 amide bonds. The second-order valence-electron chi connectivity index (χ2n) is 3.44. The third-order valence-corrected chi connectivity index (χ3v) is 3.12. The lowest BCUT2D eigenvalue weighted by Gasteiger charge is -2.23. The molecule has 0 unspecified atom stereocenters. The molecule has 0 bridgehead atoms. The minimum absolute atomic E-state index is 0.217. The van der Waals surface area contributed by atoms with E-state index < -0.39 is 17.5 Å². The van der Waals surface area contributed by atoms with Crippen molar-refractivity contribution >= 4 is 34.5 Å². The van der Waals surface area contributed by atoms with E-state index in [-0.39, 0.29) is 6.42 Å². The number of methoxy groups -OCH3 is 1. The summed E-state index contributed by atoms with van der Waals surface area (Å²) in [5.74, 6) is -3.02. The molecule has 17 heavy (non-hydrogen) atoms. The van der Waals surface area contributed by atoms with Crippen molar-refractivity contribution < 1.29 is 24.5 Å². The Kier molecular flexibility index (Phi) is 4.47. The highest BCUT2D eigenvalue weighted by molar-refractivity contribution is 14.1. The van der Waals surface area contributed by atoms with Crippen molar-refractivity contribution in [3.63, 3.8) is 0 Å². The van der Waals surface area contributed by atoms with E-state index in [4.69, 9.17) is 14.9 Å². The molecule has 0 saturated heterocycles. The van der Waals surface area contributed by atoms with Crippen LogP contribution in [0.5, 0.6) is 0 Å². The summed E-state index contributed by atoms with van der Waals surface area (Å²) in [6.45, 7) is 0. The van der Waals surface area contributed by atoms with Gasteiger partial charge in [0.25, 0.3) is 5.60 Å². The van der Waals surface area contributed by atoms with Crippen LogP contribution in [0.2, 0.25) is 0 Å². The number of aliphatic carboxylic acids is 2. The predicted octanol–water partition coefficient (Wildman–Crippen LogP) is 1.39. The number of benzene rings is 1. The van der Waals surface area contributed by atoms with Crippen LogP contribution in [0, 0.1) is 3.57 Å². The molecule has 0 aliphatic carbocycles. The number of hydrogen-bond acceptors (Lipinski definition) is 3. The lowest BCUT2D eigenvalue weighted by Crippen LogP contribution is -2.50. The molecule has 0 aliphatic heterocycles. The number of halogens is 1. The number of rotatable bonds is 5. The fraction of sp³-hybridized carbons (Fsp3) is 0.273. The van der Waals surface area contributed by atoms with E-state index >= 15 is 0 Å². The summed E-state index contributed by atoms with van der Waals surface area (Å²) >= 11 is 2.11. The molecule has 0 saturated carbocycles. The first-order valence-corrected chi connectivity index (χ1v) is 5.76. The average molecular weight is 350 g/mol. The fourth-order valence-corrected chi connectivity index (χ4v) is 1.74. The van der Waals surface area contributed by atoms with Gasteiger partial charge < -0.3 is 14.9 Å². The van der Waals surface area contributed by atoms with Crippen LogP contribution < -0.4 is 0 Å². The summed E-state index contributed by atoms with van der Waals surface area (Å²) in [4.78, 5) is 22.1. The lowest BCUT2D eigenvalue weighted by molar-refractivity contribution is -0.179. The first-order chi connectivity index (χ1) is 7.92. The lowest BCUT2D eigenvalue weighted by atomic mass is 9.94. The summed E-state index contributed by atoms with van der Waals surface area (Å²) in [6.07, 6.45) is -0.217. The third-order valence-electron chi connectivity index (χ3n) is 2.41. The fourth-order valence-electron chi connectivity index (χ4n) is 1.38. The van der Waals surface area contributed by atoms with Crippen molar-refractivity contribution in [1.82, 2.24) is 0 Å². The summed E-state index contributed by atoms with van der Waals surface area (Å²) in [5, 5.41) is 18.0. The highest BCUT2D eigenvalue weighted by atomic mass is 127. The predicted molar refractivity (Wildman–Crippen MR) is 67.9 cm³/mol. The summed E-state index contributed by atoms with van der Waals surface area (Å²) < 4.78 is 5.68. The van der Waals surface area contributed by atoms with E-state index in [0.717, 1.165) is 10.7 Å². The van der Waals surface area contributed by atoms with Gasteiger partial charge in [-0.3, -0.25) is 0 Å². The Morgan fingerprint density at radius 1 is 1.24 bits per heavy atom. The number of hydrogen-bond donors (Lipinski definition) is 2. The first-order valence-electron chi connectivity index (χ1n) is 4.69. The SMILES string of the molecule is COC(Cc1ccc(I)cc1)(C(=O)O)C(=O)O. The van der Waals surface area contributed by atoms with Gasteiger partial charge in [0, 0.05) is 17.1 Å². The number of ether oxygens (including phenoxy) is 1. The Labute approximate surface area is 112 Å². The van der Waals surface area contributed by atoms with Gasteiger partial charge in [-0.1, -0.05) is 12.1 Å². The first kappa shape index (κ1) is 13.9. The van der Waals surface area contributed by atoms with E-state index in [1.165, 1.54) is 0 Å². The monoisotopic (exact) mass is 350 g/mol. The molecule has 0 heterocycles. The third kappa shape index (κ3) is 2.95. The van der Waals surface area contributed by atoms with Crippen LogP contribution in [-0.4, -0.2) is 34.9 Å². The van der Waals surface area contributed by atoms with E-state index in [2.05, 4.69) is 22.6 Å². The Bertz CT molecular complexity index is 412. The molecule has 1 aromatic rings. The summed E-state index contributed by atoms with van der Waals surface area (Å²) in [5.41, 5.74) is -1.63. The van der Waals surface area contributed by atoms with E-state index in [1.54, 1.807) is 24.3 Å². The summed E-state index contributed by atoms with van der Waals surface area (Å²) in [6, 6.07) is 6.92. The molecule has 2 N–H and O–H groups in total. The number of carboxylic acids is 2. The topological polar surface area (TPSA) is 83.8 Å². The molecule has 0 aliphatic rings. The van der Waals surface area contributed by atoms with Crippen LogP contribution in [0.3, 0.4) is 0 Å². The standard InChI is InChI=1S/C11H11IO5/c1-17-11(9(13)14,10(15)16)6-7-2-4-8(12)5-3-7/h2-5H,6H2,1H3,(H,13,14)(H,15,16). The molecule has 0 radical (unpaired) electrons. The van der Waals surface area contributed by atoms with Crippen LogP contribution in [0.15, 0.2) is 24.3 Å². The second kappa shape index (κ2) is 5.46. The van der Waals surface area contributed by atoms with Crippen LogP contribution in [0.4, 0.5) is 0 Å². The van der Waals surface area contributed by atoms with Gasteiger partial charge in [-0.05, 0) is 40.3 Å². The molecule has 5 nitrogen and oxygen atoms in total. The molecular formula is C11H11IO5. The van der Waals surface area contributed by atoms with Gasteiger partial charge in [0.2, 0.25) is 0 Å². The maximum Gasteiger partial charge on any atom is 0.348 e. The molecule has 92 valence electrons. The molecule has 0 fully saturated rings. The van der Waals surface area contributed by atoms with Gasteiger partial charge in [0.15, 0.2) is 0 Å². The van der Waals surface area contributed by atoms with Crippen molar-refractivity contribution in [3.8, 4) is 0 Å². The molecule has 0 atom stereocenters. The molecular weight excluding hydrogens is 339 g/mol. The Morgan fingerprint density at radius 2 is 1.71 bits per heavy atom. The zero-order chi connectivity index (χ0) is 13.1. The van der Waals surface area contributed by atoms with Crippen molar-refractivity contribution in [2.24, 2.45) is 0 Å². The average Bonchev–Trinajstić information content (AvgIpc) is 2.27. The van der Waals surface area contributed by atoms with Gasteiger partial charge in [-0.25, -0.2) is 9.59 Å². The van der Waals surface area contributed by atoms with Crippen LogP contribution in [0.1, 0.15) is 5.56 Å². The van der Waals surface area contributed by atoms with Crippen molar-refractivity contribution in [2.45, 2.75) is 12.0 Å². The van der Waals surface area contributed by atoms with Gasteiger partial charge in [-0.15, -0.1) is 0 Å². The minimum atomic E-state index is -2.23. The smallest absolute Gasteiger partial charge is 0.348 e. The molecule has 1 aromatic carbocycles. The Morgan fingerprint density at radius 3 is 2.06 bits per heavy atom.